The van der Waals surface area contributed by atoms with Gasteiger partial charge in [0.1, 0.15) is 0 Å². The normalized spacial score (nSPS) is 24.4. The predicted molar refractivity (Wildman–Crippen MR) is 63.1 cm³/mol. The molecule has 2 heterocycles. The largest absolute Gasteiger partial charge is 0.324 e. The molecular formula is C12H17N3O. The topological polar surface area (TPSA) is 54.0 Å². The van der Waals surface area contributed by atoms with Gasteiger partial charge in [-0.25, -0.2) is 0 Å². The fraction of sp³-hybridized carbons (Fsp3) is 0.500. The SMILES string of the molecule is Cc1ccncc1NC(=O)C1CNCC1C. The number of amides is 1. The van der Waals surface area contributed by atoms with Gasteiger partial charge in [0.2, 0.25) is 5.91 Å². The van der Waals surface area contributed by atoms with Crippen LogP contribution in [0.4, 0.5) is 5.69 Å². The standard InChI is InChI=1S/C12H17N3O/c1-8-3-4-13-7-11(8)15-12(16)10-6-14-5-9(10)2/h3-4,7,9-10,14H,5-6H2,1-2H3,(H,15,16). The van der Waals surface area contributed by atoms with E-state index in [0.29, 0.717) is 5.92 Å². The third-order valence-corrected chi connectivity index (χ3v) is 3.15. The molecule has 0 radical (unpaired) electrons. The quantitative estimate of drug-likeness (QED) is 0.785. The van der Waals surface area contributed by atoms with Crippen LogP contribution in [0.1, 0.15) is 12.5 Å². The van der Waals surface area contributed by atoms with Crippen molar-refractivity contribution in [2.24, 2.45) is 11.8 Å². The highest BCUT2D eigenvalue weighted by Gasteiger charge is 2.29. The molecule has 1 aliphatic rings. The van der Waals surface area contributed by atoms with E-state index >= 15 is 0 Å². The number of aryl methyl sites for hydroxylation is 1. The van der Waals surface area contributed by atoms with E-state index in [2.05, 4.69) is 22.5 Å². The van der Waals surface area contributed by atoms with Gasteiger partial charge in [-0.15, -0.1) is 0 Å². The Morgan fingerprint density at radius 3 is 3.00 bits per heavy atom. The van der Waals surface area contributed by atoms with Crippen molar-refractivity contribution < 1.29 is 4.79 Å². The minimum absolute atomic E-state index is 0.0691. The lowest BCUT2D eigenvalue weighted by Gasteiger charge is -2.14. The number of carbonyl (C=O) groups is 1. The zero-order valence-corrected chi connectivity index (χ0v) is 9.66. The maximum Gasteiger partial charge on any atom is 0.229 e. The highest BCUT2D eigenvalue weighted by atomic mass is 16.1. The van der Waals surface area contributed by atoms with Crippen LogP contribution in [-0.2, 0) is 4.79 Å². The zero-order valence-electron chi connectivity index (χ0n) is 9.66. The molecule has 0 bridgehead atoms. The van der Waals surface area contributed by atoms with Crippen LogP contribution in [0.15, 0.2) is 18.5 Å². The summed E-state index contributed by atoms with van der Waals surface area (Å²) in [5.41, 5.74) is 1.86. The summed E-state index contributed by atoms with van der Waals surface area (Å²) in [4.78, 5) is 16.0. The van der Waals surface area contributed by atoms with E-state index in [1.807, 2.05) is 13.0 Å². The Balaban J connectivity index is 2.05. The number of carbonyl (C=O) groups excluding carboxylic acids is 1. The second-order valence-electron chi connectivity index (χ2n) is 4.42. The summed E-state index contributed by atoms with van der Waals surface area (Å²) in [7, 11) is 0. The molecule has 0 saturated carbocycles. The number of nitrogens with one attached hydrogen (secondary N) is 2. The molecular weight excluding hydrogens is 202 g/mol. The summed E-state index contributed by atoms with van der Waals surface area (Å²) in [6, 6.07) is 1.89. The fourth-order valence-corrected chi connectivity index (χ4v) is 1.98. The molecule has 1 aromatic heterocycles. The third kappa shape index (κ3) is 2.22. The van der Waals surface area contributed by atoms with Gasteiger partial charge in [0.15, 0.2) is 0 Å². The van der Waals surface area contributed by atoms with Crippen molar-refractivity contribution in [2.75, 3.05) is 18.4 Å². The molecule has 2 N–H and O–H groups in total. The minimum atomic E-state index is 0.0691. The van der Waals surface area contributed by atoms with E-state index in [0.717, 1.165) is 24.3 Å². The lowest BCUT2D eigenvalue weighted by atomic mass is 9.97. The van der Waals surface area contributed by atoms with Crippen LogP contribution in [-0.4, -0.2) is 24.0 Å². The maximum absolute atomic E-state index is 12.0. The number of hydrogen-bond donors (Lipinski definition) is 2. The smallest absolute Gasteiger partial charge is 0.229 e. The average molecular weight is 219 g/mol. The Hall–Kier alpha value is -1.42. The van der Waals surface area contributed by atoms with Gasteiger partial charge < -0.3 is 10.6 Å². The van der Waals surface area contributed by atoms with Gasteiger partial charge in [-0.2, -0.15) is 0 Å². The van der Waals surface area contributed by atoms with Crippen LogP contribution in [0.25, 0.3) is 0 Å². The number of rotatable bonds is 2. The second kappa shape index (κ2) is 4.61. The first-order chi connectivity index (χ1) is 7.68. The van der Waals surface area contributed by atoms with Crippen LogP contribution < -0.4 is 10.6 Å². The van der Waals surface area contributed by atoms with Crippen LogP contribution in [0.2, 0.25) is 0 Å². The molecule has 1 fully saturated rings. The first kappa shape index (κ1) is 11.1. The molecule has 1 saturated heterocycles. The first-order valence-electron chi connectivity index (χ1n) is 5.60. The van der Waals surface area contributed by atoms with Gasteiger partial charge in [-0.3, -0.25) is 9.78 Å². The highest BCUT2D eigenvalue weighted by Crippen LogP contribution is 2.19. The highest BCUT2D eigenvalue weighted by molar-refractivity contribution is 5.93. The molecule has 2 rings (SSSR count). The van der Waals surface area contributed by atoms with E-state index in [-0.39, 0.29) is 11.8 Å². The second-order valence-corrected chi connectivity index (χ2v) is 4.42. The van der Waals surface area contributed by atoms with Gasteiger partial charge in [0, 0.05) is 12.7 Å². The summed E-state index contributed by atoms with van der Waals surface area (Å²) < 4.78 is 0. The monoisotopic (exact) mass is 219 g/mol. The number of anilines is 1. The molecule has 1 aliphatic heterocycles. The predicted octanol–water partition coefficient (Wildman–Crippen LogP) is 1.18. The number of nitrogens with zero attached hydrogens (tertiary/aromatic N) is 1. The number of hydrogen-bond acceptors (Lipinski definition) is 3. The molecule has 4 nitrogen and oxygen atoms in total. The van der Waals surface area contributed by atoms with Crippen molar-refractivity contribution in [3.8, 4) is 0 Å². The van der Waals surface area contributed by atoms with E-state index in [4.69, 9.17) is 0 Å². The minimum Gasteiger partial charge on any atom is -0.324 e. The van der Waals surface area contributed by atoms with Gasteiger partial charge in [-0.1, -0.05) is 6.92 Å². The van der Waals surface area contributed by atoms with E-state index in [1.54, 1.807) is 12.4 Å². The van der Waals surface area contributed by atoms with Gasteiger partial charge in [-0.05, 0) is 31.0 Å². The lowest BCUT2D eigenvalue weighted by Crippen LogP contribution is -2.28. The molecule has 2 atom stereocenters. The Morgan fingerprint density at radius 1 is 1.56 bits per heavy atom. The van der Waals surface area contributed by atoms with Crippen molar-refractivity contribution in [1.82, 2.24) is 10.3 Å². The van der Waals surface area contributed by atoms with Crippen molar-refractivity contribution in [2.45, 2.75) is 13.8 Å². The summed E-state index contributed by atoms with van der Waals surface area (Å²) >= 11 is 0. The molecule has 1 amide bonds. The molecule has 2 unspecified atom stereocenters. The zero-order chi connectivity index (χ0) is 11.5. The Kier molecular flexibility index (Phi) is 3.19. The van der Waals surface area contributed by atoms with E-state index in [1.165, 1.54) is 0 Å². The van der Waals surface area contributed by atoms with Crippen molar-refractivity contribution in [1.29, 1.82) is 0 Å². The van der Waals surface area contributed by atoms with Crippen molar-refractivity contribution >= 4 is 11.6 Å². The Morgan fingerprint density at radius 2 is 2.38 bits per heavy atom. The van der Waals surface area contributed by atoms with Gasteiger partial charge in [0.05, 0.1) is 17.8 Å². The summed E-state index contributed by atoms with van der Waals surface area (Å²) in [6.45, 7) is 5.75. The number of pyridine rings is 1. The Labute approximate surface area is 95.5 Å². The van der Waals surface area contributed by atoms with Crippen LogP contribution in [0.3, 0.4) is 0 Å². The van der Waals surface area contributed by atoms with Gasteiger partial charge >= 0.3 is 0 Å². The Bertz CT molecular complexity index is 392. The van der Waals surface area contributed by atoms with Crippen LogP contribution in [0.5, 0.6) is 0 Å². The molecule has 0 spiro atoms. The molecule has 86 valence electrons. The average Bonchev–Trinajstić information content (AvgIpc) is 2.68. The molecule has 1 aromatic rings. The summed E-state index contributed by atoms with van der Waals surface area (Å²) in [6.07, 6.45) is 3.42. The molecule has 0 aromatic carbocycles. The van der Waals surface area contributed by atoms with Crippen LogP contribution in [0, 0.1) is 18.8 Å². The molecule has 4 heteroatoms. The summed E-state index contributed by atoms with van der Waals surface area (Å²) in [5.74, 6) is 0.560. The van der Waals surface area contributed by atoms with E-state index in [9.17, 15) is 4.79 Å². The summed E-state index contributed by atoms with van der Waals surface area (Å²) in [5, 5.41) is 6.17. The van der Waals surface area contributed by atoms with E-state index < -0.39 is 0 Å². The number of aromatic nitrogens is 1. The fourth-order valence-electron chi connectivity index (χ4n) is 1.98. The molecule has 0 aliphatic carbocycles. The lowest BCUT2D eigenvalue weighted by molar-refractivity contribution is -0.120. The van der Waals surface area contributed by atoms with Crippen LogP contribution >= 0.6 is 0 Å². The third-order valence-electron chi connectivity index (χ3n) is 3.15. The maximum atomic E-state index is 12.0. The van der Waals surface area contributed by atoms with Gasteiger partial charge in [0.25, 0.3) is 0 Å². The van der Waals surface area contributed by atoms with Crippen molar-refractivity contribution in [3.05, 3.63) is 24.0 Å². The van der Waals surface area contributed by atoms with Crippen molar-refractivity contribution in [3.63, 3.8) is 0 Å². The first-order valence-corrected chi connectivity index (χ1v) is 5.60. The molecule has 16 heavy (non-hydrogen) atoms.